The van der Waals surface area contributed by atoms with Crippen molar-refractivity contribution in [1.82, 2.24) is 5.32 Å². The Bertz CT molecular complexity index is 340. The van der Waals surface area contributed by atoms with E-state index in [1.807, 2.05) is 0 Å². The molecule has 0 unspecified atom stereocenters. The van der Waals surface area contributed by atoms with Gasteiger partial charge in [0.25, 0.3) is 0 Å². The zero-order chi connectivity index (χ0) is 9.47. The van der Waals surface area contributed by atoms with Crippen molar-refractivity contribution in [2.75, 3.05) is 13.1 Å². The molecule has 0 spiro atoms. The Balaban J connectivity index is 2.27. The van der Waals surface area contributed by atoms with Gasteiger partial charge in [-0.2, -0.15) is 0 Å². The van der Waals surface area contributed by atoms with E-state index in [0.717, 1.165) is 0 Å². The number of rotatable bonds is 2. The number of hydrogen-bond acceptors (Lipinski definition) is 4. The molecule has 0 atom stereocenters. The Morgan fingerprint density at radius 1 is 1.54 bits per heavy atom. The molecule has 0 aliphatic carbocycles. The lowest BCUT2D eigenvalue weighted by atomic mass is 9.94. The second-order valence-corrected chi connectivity index (χ2v) is 3.10. The quantitative estimate of drug-likeness (QED) is 0.589. The molecule has 1 fully saturated rings. The van der Waals surface area contributed by atoms with Gasteiger partial charge in [-0.15, -0.1) is 0 Å². The van der Waals surface area contributed by atoms with Crippen molar-refractivity contribution in [3.05, 3.63) is 23.7 Å². The summed E-state index contributed by atoms with van der Waals surface area (Å²) in [5.41, 5.74) is -1.02. The Morgan fingerprint density at radius 2 is 2.23 bits per heavy atom. The summed E-state index contributed by atoms with van der Waals surface area (Å²) in [7, 11) is 0. The average Bonchev–Trinajstić information content (AvgIpc) is 2.48. The molecule has 5 heteroatoms. The third-order valence-corrected chi connectivity index (χ3v) is 2.11. The third kappa shape index (κ3) is 1.22. The summed E-state index contributed by atoms with van der Waals surface area (Å²) in [5.74, 6) is -0.957. The smallest absolute Gasteiger partial charge is 0.371 e. The fourth-order valence-electron chi connectivity index (χ4n) is 1.24. The highest BCUT2D eigenvalue weighted by molar-refractivity contribution is 5.84. The van der Waals surface area contributed by atoms with Gasteiger partial charge in [-0.1, -0.05) is 0 Å². The van der Waals surface area contributed by atoms with Crippen molar-refractivity contribution in [2.24, 2.45) is 0 Å². The number of aromatic carboxylic acids is 1. The van der Waals surface area contributed by atoms with Gasteiger partial charge in [0.1, 0.15) is 11.4 Å². The summed E-state index contributed by atoms with van der Waals surface area (Å²) >= 11 is 0. The number of aliphatic hydroxyl groups is 1. The lowest BCUT2D eigenvalue weighted by molar-refractivity contribution is -0.0339. The SMILES string of the molecule is O=C(O)c1ccc(C2(O)CNC2)o1. The van der Waals surface area contributed by atoms with Gasteiger partial charge in [-0.05, 0) is 12.1 Å². The maximum absolute atomic E-state index is 10.5. The molecule has 0 aromatic carbocycles. The molecular formula is C8H9NO4. The van der Waals surface area contributed by atoms with E-state index < -0.39 is 11.6 Å². The Hall–Kier alpha value is -1.33. The van der Waals surface area contributed by atoms with Crippen LogP contribution in [-0.4, -0.2) is 29.3 Å². The predicted molar refractivity (Wildman–Crippen MR) is 42.4 cm³/mol. The van der Waals surface area contributed by atoms with Crippen LogP contribution in [0.2, 0.25) is 0 Å². The lowest BCUT2D eigenvalue weighted by Crippen LogP contribution is -2.56. The molecule has 0 bridgehead atoms. The molecule has 3 N–H and O–H groups in total. The number of carbonyl (C=O) groups is 1. The van der Waals surface area contributed by atoms with Crippen LogP contribution in [0.4, 0.5) is 0 Å². The maximum atomic E-state index is 10.5. The van der Waals surface area contributed by atoms with Gasteiger partial charge in [0.05, 0.1) is 0 Å². The molecule has 1 aliphatic heterocycles. The minimum absolute atomic E-state index is 0.143. The standard InChI is InChI=1S/C8H9NO4/c10-7(11)5-1-2-6(13-5)8(12)3-9-4-8/h1-2,9,12H,3-4H2,(H,10,11). The van der Waals surface area contributed by atoms with Crippen LogP contribution in [0.25, 0.3) is 0 Å². The van der Waals surface area contributed by atoms with Gasteiger partial charge in [-0.25, -0.2) is 4.79 Å². The van der Waals surface area contributed by atoms with Crippen molar-refractivity contribution in [2.45, 2.75) is 5.60 Å². The van der Waals surface area contributed by atoms with Crippen LogP contribution in [0.5, 0.6) is 0 Å². The van der Waals surface area contributed by atoms with Crippen LogP contribution >= 0.6 is 0 Å². The van der Waals surface area contributed by atoms with E-state index in [0.29, 0.717) is 18.8 Å². The highest BCUT2D eigenvalue weighted by Crippen LogP contribution is 2.26. The summed E-state index contributed by atoms with van der Waals surface area (Å²) in [4.78, 5) is 10.5. The first-order valence-corrected chi connectivity index (χ1v) is 3.88. The first-order chi connectivity index (χ1) is 6.12. The fourth-order valence-corrected chi connectivity index (χ4v) is 1.24. The van der Waals surface area contributed by atoms with Gasteiger partial charge in [0.15, 0.2) is 0 Å². The van der Waals surface area contributed by atoms with E-state index in [4.69, 9.17) is 9.52 Å². The predicted octanol–water partition coefficient (Wildman–Crippen LogP) is -0.231. The van der Waals surface area contributed by atoms with Crippen LogP contribution in [0.3, 0.4) is 0 Å². The van der Waals surface area contributed by atoms with Crippen LogP contribution in [0.1, 0.15) is 16.3 Å². The van der Waals surface area contributed by atoms with E-state index in [2.05, 4.69) is 5.32 Å². The normalized spacial score (nSPS) is 19.5. The van der Waals surface area contributed by atoms with E-state index >= 15 is 0 Å². The summed E-state index contributed by atoms with van der Waals surface area (Å²) in [6, 6.07) is 2.83. The Morgan fingerprint density at radius 3 is 2.62 bits per heavy atom. The molecule has 0 amide bonds. The molecule has 70 valence electrons. The largest absolute Gasteiger partial charge is 0.475 e. The molecule has 2 rings (SSSR count). The van der Waals surface area contributed by atoms with Crippen LogP contribution in [0.15, 0.2) is 16.5 Å². The highest BCUT2D eigenvalue weighted by Gasteiger charge is 2.39. The van der Waals surface area contributed by atoms with Gasteiger partial charge in [-0.3, -0.25) is 0 Å². The van der Waals surface area contributed by atoms with E-state index in [1.165, 1.54) is 12.1 Å². The number of β-amino-alcohol motifs (C(OH)–C–C–N with tert-alkyl or cyclic N) is 1. The summed E-state index contributed by atoms with van der Waals surface area (Å²) < 4.78 is 4.96. The Labute approximate surface area is 74.0 Å². The van der Waals surface area contributed by atoms with E-state index in [1.54, 1.807) is 0 Å². The van der Waals surface area contributed by atoms with Gasteiger partial charge in [0, 0.05) is 13.1 Å². The molecule has 0 radical (unpaired) electrons. The van der Waals surface area contributed by atoms with Crippen LogP contribution in [-0.2, 0) is 5.60 Å². The molecule has 1 aromatic heterocycles. The third-order valence-electron chi connectivity index (χ3n) is 2.11. The van der Waals surface area contributed by atoms with Crippen molar-refractivity contribution in [3.63, 3.8) is 0 Å². The minimum Gasteiger partial charge on any atom is -0.475 e. The fraction of sp³-hybridized carbons (Fsp3) is 0.375. The maximum Gasteiger partial charge on any atom is 0.371 e. The number of hydrogen-bond donors (Lipinski definition) is 3. The number of furan rings is 1. The van der Waals surface area contributed by atoms with Crippen molar-refractivity contribution >= 4 is 5.97 Å². The molecule has 2 heterocycles. The monoisotopic (exact) mass is 183 g/mol. The van der Waals surface area contributed by atoms with E-state index in [-0.39, 0.29) is 5.76 Å². The molecule has 0 saturated carbocycles. The first-order valence-electron chi connectivity index (χ1n) is 3.88. The summed E-state index contributed by atoms with van der Waals surface area (Å²) in [6.07, 6.45) is 0. The van der Waals surface area contributed by atoms with Crippen molar-refractivity contribution in [3.8, 4) is 0 Å². The van der Waals surface area contributed by atoms with Crippen LogP contribution < -0.4 is 5.32 Å². The second-order valence-electron chi connectivity index (χ2n) is 3.10. The second kappa shape index (κ2) is 2.58. The van der Waals surface area contributed by atoms with Crippen LogP contribution in [0, 0.1) is 0 Å². The Kier molecular flexibility index (Phi) is 1.64. The molecule has 1 aromatic rings. The molecule has 1 aliphatic rings. The average molecular weight is 183 g/mol. The summed E-state index contributed by atoms with van der Waals surface area (Å²) in [6.45, 7) is 0.805. The molecule has 13 heavy (non-hydrogen) atoms. The summed E-state index contributed by atoms with van der Waals surface area (Å²) in [5, 5.41) is 21.2. The van der Waals surface area contributed by atoms with Crippen molar-refractivity contribution in [1.29, 1.82) is 0 Å². The van der Waals surface area contributed by atoms with Gasteiger partial charge < -0.3 is 19.9 Å². The topological polar surface area (TPSA) is 82.7 Å². The highest BCUT2D eigenvalue weighted by atomic mass is 16.4. The number of carboxylic acid groups (broad SMARTS) is 1. The first kappa shape index (κ1) is 8.28. The lowest BCUT2D eigenvalue weighted by Gasteiger charge is -2.35. The zero-order valence-electron chi connectivity index (χ0n) is 6.78. The molecule has 5 nitrogen and oxygen atoms in total. The number of nitrogens with one attached hydrogen (secondary N) is 1. The van der Waals surface area contributed by atoms with Gasteiger partial charge >= 0.3 is 5.97 Å². The number of carboxylic acids is 1. The van der Waals surface area contributed by atoms with E-state index in [9.17, 15) is 9.90 Å². The van der Waals surface area contributed by atoms with Crippen molar-refractivity contribution < 1.29 is 19.4 Å². The molecule has 1 saturated heterocycles. The zero-order valence-corrected chi connectivity index (χ0v) is 6.78. The minimum atomic E-state index is -1.12. The molecular weight excluding hydrogens is 174 g/mol. The van der Waals surface area contributed by atoms with Gasteiger partial charge in [0.2, 0.25) is 5.76 Å².